The zero-order valence-corrected chi connectivity index (χ0v) is 19.6. The molecule has 2 aromatic heterocycles. The fourth-order valence-corrected chi connectivity index (χ4v) is 5.83. The maximum Gasteiger partial charge on any atom is 0.263 e. The van der Waals surface area contributed by atoms with Gasteiger partial charge in [0.15, 0.2) is 0 Å². The Labute approximate surface area is 203 Å². The van der Waals surface area contributed by atoms with Crippen molar-refractivity contribution in [2.24, 2.45) is 0 Å². The molecule has 7 nitrogen and oxygen atoms in total. The van der Waals surface area contributed by atoms with Crippen LogP contribution in [0.3, 0.4) is 0 Å². The number of H-pyrrole nitrogens is 1. The third-order valence-electron chi connectivity index (χ3n) is 5.87. The predicted octanol–water partition coefficient (Wildman–Crippen LogP) is 5.36. The van der Waals surface area contributed by atoms with E-state index < -0.39 is 0 Å². The SMILES string of the molecule is O=C1c2cnc(Nc3ccc4c5c([nH]c4c3)CCNC5)nc2SCN1c1c(Cl)cccc1Cl. The zero-order chi connectivity index (χ0) is 22.5. The van der Waals surface area contributed by atoms with E-state index in [-0.39, 0.29) is 5.91 Å². The highest BCUT2D eigenvalue weighted by atomic mass is 35.5. The van der Waals surface area contributed by atoms with Gasteiger partial charge in [-0.3, -0.25) is 9.69 Å². The van der Waals surface area contributed by atoms with E-state index in [9.17, 15) is 4.79 Å². The molecule has 0 unspecified atom stereocenters. The van der Waals surface area contributed by atoms with Crippen LogP contribution in [0.25, 0.3) is 10.9 Å². The van der Waals surface area contributed by atoms with Crippen LogP contribution in [-0.4, -0.2) is 33.3 Å². The number of nitrogens with zero attached hydrogens (tertiary/aromatic N) is 3. The first kappa shape index (κ1) is 20.8. The molecule has 6 rings (SSSR count). The third kappa shape index (κ3) is 3.63. The van der Waals surface area contributed by atoms with Crippen molar-refractivity contribution in [1.29, 1.82) is 0 Å². The lowest BCUT2D eigenvalue weighted by Gasteiger charge is -2.28. The Bertz CT molecular complexity index is 1400. The Hall–Kier alpha value is -2.78. The molecule has 0 saturated carbocycles. The quantitative estimate of drug-likeness (QED) is 0.331. The number of rotatable bonds is 3. The number of thioether (sulfide) groups is 1. The Morgan fingerprint density at radius 1 is 1.15 bits per heavy atom. The van der Waals surface area contributed by atoms with Crippen molar-refractivity contribution in [1.82, 2.24) is 20.3 Å². The minimum atomic E-state index is -0.225. The van der Waals surface area contributed by atoms with Gasteiger partial charge in [-0.15, -0.1) is 0 Å². The highest BCUT2D eigenvalue weighted by molar-refractivity contribution is 7.99. The molecule has 0 radical (unpaired) electrons. The van der Waals surface area contributed by atoms with Crippen molar-refractivity contribution in [3.8, 4) is 0 Å². The van der Waals surface area contributed by atoms with Gasteiger partial charge in [-0.05, 0) is 29.8 Å². The first-order valence-corrected chi connectivity index (χ1v) is 12.2. The van der Waals surface area contributed by atoms with E-state index in [2.05, 4.69) is 37.7 Å². The van der Waals surface area contributed by atoms with Crippen LogP contribution in [0.15, 0.2) is 47.6 Å². The zero-order valence-electron chi connectivity index (χ0n) is 17.3. The number of aromatic nitrogens is 3. The standard InChI is InChI=1S/C23H18Cl2N6OS/c24-16-2-1-3-17(25)20(16)31-11-33-21-15(22(31)32)10-27-23(30-21)28-12-4-5-13-14-9-26-7-6-18(14)29-19(13)8-12/h1-5,8,10,26,29H,6-7,9,11H2,(H,27,28,30). The summed E-state index contributed by atoms with van der Waals surface area (Å²) in [7, 11) is 0. The van der Waals surface area contributed by atoms with Crippen molar-refractivity contribution in [2.45, 2.75) is 18.0 Å². The number of anilines is 3. The maximum absolute atomic E-state index is 13.1. The van der Waals surface area contributed by atoms with E-state index in [4.69, 9.17) is 23.2 Å². The van der Waals surface area contributed by atoms with Crippen LogP contribution in [0.1, 0.15) is 21.6 Å². The lowest BCUT2D eigenvalue weighted by molar-refractivity contribution is 0.0985. The van der Waals surface area contributed by atoms with E-state index in [0.717, 1.165) is 30.7 Å². The molecule has 4 heterocycles. The van der Waals surface area contributed by atoms with Crippen LogP contribution in [0.2, 0.25) is 10.0 Å². The lowest BCUT2D eigenvalue weighted by atomic mass is 10.1. The molecule has 2 aliphatic heterocycles. The molecular weight excluding hydrogens is 479 g/mol. The number of carbonyl (C=O) groups excluding carboxylic acids is 1. The monoisotopic (exact) mass is 496 g/mol. The molecule has 0 saturated heterocycles. The maximum atomic E-state index is 13.1. The minimum Gasteiger partial charge on any atom is -0.358 e. The third-order valence-corrected chi connectivity index (χ3v) is 7.45. The topological polar surface area (TPSA) is 85.9 Å². The van der Waals surface area contributed by atoms with Crippen molar-refractivity contribution >= 4 is 69.1 Å². The molecule has 2 aromatic carbocycles. The summed E-state index contributed by atoms with van der Waals surface area (Å²) in [5, 5.41) is 9.40. The van der Waals surface area contributed by atoms with Crippen molar-refractivity contribution in [3.05, 3.63) is 69.5 Å². The van der Waals surface area contributed by atoms with Crippen molar-refractivity contribution in [2.75, 3.05) is 22.6 Å². The van der Waals surface area contributed by atoms with E-state index in [1.165, 1.54) is 28.4 Å². The van der Waals surface area contributed by atoms with E-state index in [0.29, 0.717) is 38.1 Å². The summed E-state index contributed by atoms with van der Waals surface area (Å²) in [6.45, 7) is 1.88. The van der Waals surface area contributed by atoms with Crippen LogP contribution in [-0.2, 0) is 13.0 Å². The van der Waals surface area contributed by atoms with Gasteiger partial charge >= 0.3 is 0 Å². The number of carbonyl (C=O) groups is 1. The van der Waals surface area contributed by atoms with Gasteiger partial charge in [0.2, 0.25) is 5.95 Å². The normalized spacial score (nSPS) is 15.5. The van der Waals surface area contributed by atoms with Gasteiger partial charge in [-0.1, -0.05) is 47.1 Å². The second kappa shape index (κ2) is 8.22. The molecular formula is C23H18Cl2N6OS. The number of amides is 1. The molecule has 0 atom stereocenters. The molecule has 1 amide bonds. The van der Waals surface area contributed by atoms with Gasteiger partial charge in [0.1, 0.15) is 5.03 Å². The summed E-state index contributed by atoms with van der Waals surface area (Å²) in [6.07, 6.45) is 2.55. The molecule has 0 aliphatic carbocycles. The number of para-hydroxylation sites is 1. The molecule has 3 N–H and O–H groups in total. The molecule has 10 heteroatoms. The Morgan fingerprint density at radius 3 is 2.85 bits per heavy atom. The molecule has 4 aromatic rings. The van der Waals surface area contributed by atoms with Gasteiger partial charge in [0, 0.05) is 48.0 Å². The number of aromatic amines is 1. The van der Waals surface area contributed by atoms with Gasteiger partial charge in [-0.25, -0.2) is 9.97 Å². The largest absolute Gasteiger partial charge is 0.358 e. The highest BCUT2D eigenvalue weighted by Gasteiger charge is 2.30. The van der Waals surface area contributed by atoms with Gasteiger partial charge < -0.3 is 15.6 Å². The summed E-state index contributed by atoms with van der Waals surface area (Å²) in [6, 6.07) is 11.4. The van der Waals surface area contributed by atoms with E-state index in [1.54, 1.807) is 29.3 Å². The van der Waals surface area contributed by atoms with Gasteiger partial charge in [0.05, 0.1) is 27.2 Å². The van der Waals surface area contributed by atoms with Crippen LogP contribution in [0, 0.1) is 0 Å². The molecule has 0 bridgehead atoms. The Morgan fingerprint density at radius 2 is 2.00 bits per heavy atom. The summed E-state index contributed by atoms with van der Waals surface area (Å²) >= 11 is 14.1. The number of hydrogen-bond donors (Lipinski definition) is 3. The summed E-state index contributed by atoms with van der Waals surface area (Å²) < 4.78 is 0. The molecule has 33 heavy (non-hydrogen) atoms. The van der Waals surface area contributed by atoms with Crippen LogP contribution in [0.5, 0.6) is 0 Å². The first-order chi connectivity index (χ1) is 16.1. The molecule has 0 spiro atoms. The van der Waals surface area contributed by atoms with Crippen LogP contribution >= 0.6 is 35.0 Å². The second-order valence-electron chi connectivity index (χ2n) is 7.88. The number of nitrogens with one attached hydrogen (secondary N) is 3. The fraction of sp³-hybridized carbons (Fsp3) is 0.174. The van der Waals surface area contributed by atoms with Crippen LogP contribution < -0.4 is 15.5 Å². The first-order valence-electron chi connectivity index (χ1n) is 10.5. The summed E-state index contributed by atoms with van der Waals surface area (Å²) in [5.74, 6) is 0.577. The fourth-order valence-electron chi connectivity index (χ4n) is 4.29. The molecule has 166 valence electrons. The molecule has 2 aliphatic rings. The smallest absolute Gasteiger partial charge is 0.263 e. The average Bonchev–Trinajstić information content (AvgIpc) is 3.18. The summed E-state index contributed by atoms with van der Waals surface area (Å²) in [4.78, 5) is 27.2. The Kier molecular flexibility index (Phi) is 5.18. The predicted molar refractivity (Wildman–Crippen MR) is 133 cm³/mol. The minimum absolute atomic E-state index is 0.225. The van der Waals surface area contributed by atoms with Gasteiger partial charge in [-0.2, -0.15) is 0 Å². The lowest BCUT2D eigenvalue weighted by Crippen LogP contribution is -2.35. The van der Waals surface area contributed by atoms with Crippen molar-refractivity contribution < 1.29 is 4.79 Å². The highest BCUT2D eigenvalue weighted by Crippen LogP contribution is 2.39. The van der Waals surface area contributed by atoms with E-state index in [1.807, 2.05) is 6.07 Å². The van der Waals surface area contributed by atoms with Gasteiger partial charge in [0.25, 0.3) is 5.91 Å². The summed E-state index contributed by atoms with van der Waals surface area (Å²) in [5.41, 5.74) is 5.53. The van der Waals surface area contributed by atoms with E-state index >= 15 is 0 Å². The number of halogens is 2. The number of benzene rings is 2. The average molecular weight is 497 g/mol. The number of fused-ring (bicyclic) bond motifs is 4. The second-order valence-corrected chi connectivity index (χ2v) is 9.63. The van der Waals surface area contributed by atoms with Crippen LogP contribution in [0.4, 0.5) is 17.3 Å². The number of hydrogen-bond acceptors (Lipinski definition) is 6. The Balaban J connectivity index is 1.27. The molecule has 0 fully saturated rings. The van der Waals surface area contributed by atoms with Crippen molar-refractivity contribution in [3.63, 3.8) is 0 Å².